The molecule has 3 aromatic rings. The molecule has 0 fully saturated rings. The molecule has 3 rings (SSSR count). The van der Waals surface area contributed by atoms with Crippen molar-refractivity contribution in [2.24, 2.45) is 4.99 Å². The second kappa shape index (κ2) is 8.76. The number of aryl methyl sites for hydroxylation is 2. The highest BCUT2D eigenvalue weighted by Gasteiger charge is 2.10. The summed E-state index contributed by atoms with van der Waals surface area (Å²) in [6, 6.07) is 21.0. The average Bonchev–Trinajstić information content (AvgIpc) is 2.67. The van der Waals surface area contributed by atoms with Crippen LogP contribution in [0.5, 0.6) is 0 Å². The molecule has 0 saturated carbocycles. The second-order valence-corrected chi connectivity index (χ2v) is 6.30. The molecule has 0 spiro atoms. The van der Waals surface area contributed by atoms with Gasteiger partial charge in [0.1, 0.15) is 0 Å². The van der Waals surface area contributed by atoms with Gasteiger partial charge in [0.2, 0.25) is 5.96 Å². The lowest BCUT2D eigenvalue weighted by molar-refractivity contribution is 0.0977. The maximum absolute atomic E-state index is 12.6. The quantitative estimate of drug-likeness (QED) is 0.545. The third-order valence-corrected chi connectivity index (χ3v) is 3.92. The maximum atomic E-state index is 12.6. The minimum atomic E-state index is -0.210. The van der Waals surface area contributed by atoms with Gasteiger partial charge < -0.3 is 5.32 Å². The fraction of sp³-hybridized carbons (Fsp3) is 0.136. The number of nitrogens with zero attached hydrogens (tertiary/aromatic N) is 2. The summed E-state index contributed by atoms with van der Waals surface area (Å²) in [5.41, 5.74) is 4.42. The Hall–Kier alpha value is -3.47. The summed E-state index contributed by atoms with van der Waals surface area (Å²) in [5.74, 6) is 0.177. The number of hydrogen-bond acceptors (Lipinski definition) is 3. The van der Waals surface area contributed by atoms with Gasteiger partial charge in [0.05, 0.1) is 12.2 Å². The van der Waals surface area contributed by atoms with Crippen molar-refractivity contribution < 1.29 is 4.79 Å². The van der Waals surface area contributed by atoms with Crippen molar-refractivity contribution in [3.05, 3.63) is 95.3 Å². The molecule has 2 N–H and O–H groups in total. The SMILES string of the molecule is Cc1cccc(NC(=NCc2ccccn2)NC(=O)c2cccc(C)c2)c1. The van der Waals surface area contributed by atoms with Crippen molar-refractivity contribution in [3.63, 3.8) is 0 Å². The fourth-order valence-corrected chi connectivity index (χ4v) is 2.59. The van der Waals surface area contributed by atoms with Crippen molar-refractivity contribution in [2.75, 3.05) is 5.32 Å². The summed E-state index contributed by atoms with van der Waals surface area (Å²) in [6.07, 6.45) is 1.73. The van der Waals surface area contributed by atoms with Crippen molar-refractivity contribution >= 4 is 17.6 Å². The standard InChI is InChI=1S/C22H22N4O/c1-16-7-5-9-18(13-16)21(27)26-22(24-15-20-10-3-4-12-23-20)25-19-11-6-8-17(2)14-19/h3-14H,15H2,1-2H3,(H2,24,25,26,27). The van der Waals surface area contributed by atoms with Gasteiger partial charge in [-0.3, -0.25) is 15.1 Å². The van der Waals surface area contributed by atoms with Crippen molar-refractivity contribution in [3.8, 4) is 0 Å². The van der Waals surface area contributed by atoms with Gasteiger partial charge in [-0.1, -0.05) is 35.9 Å². The van der Waals surface area contributed by atoms with Crippen LogP contribution in [0, 0.1) is 13.8 Å². The largest absolute Gasteiger partial charge is 0.326 e. The summed E-state index contributed by atoms with van der Waals surface area (Å²) < 4.78 is 0. The second-order valence-electron chi connectivity index (χ2n) is 6.30. The van der Waals surface area contributed by atoms with E-state index >= 15 is 0 Å². The van der Waals surface area contributed by atoms with Gasteiger partial charge in [0.15, 0.2) is 0 Å². The first-order chi connectivity index (χ1) is 13.1. The molecule has 1 aromatic heterocycles. The third kappa shape index (κ3) is 5.51. The summed E-state index contributed by atoms with van der Waals surface area (Å²) in [6.45, 7) is 4.34. The number of carbonyl (C=O) groups is 1. The highest BCUT2D eigenvalue weighted by Crippen LogP contribution is 2.10. The molecule has 27 heavy (non-hydrogen) atoms. The zero-order chi connectivity index (χ0) is 19.1. The van der Waals surface area contributed by atoms with Gasteiger partial charge in [0, 0.05) is 17.4 Å². The lowest BCUT2D eigenvalue weighted by atomic mass is 10.1. The van der Waals surface area contributed by atoms with E-state index in [1.807, 2.05) is 74.5 Å². The van der Waals surface area contributed by atoms with E-state index in [0.717, 1.165) is 22.5 Å². The molecule has 5 nitrogen and oxygen atoms in total. The highest BCUT2D eigenvalue weighted by molar-refractivity contribution is 6.10. The first-order valence-electron chi connectivity index (χ1n) is 8.76. The van der Waals surface area contributed by atoms with E-state index in [2.05, 4.69) is 20.6 Å². The third-order valence-electron chi connectivity index (χ3n) is 3.92. The number of hydrogen-bond donors (Lipinski definition) is 2. The Morgan fingerprint density at radius 2 is 1.74 bits per heavy atom. The van der Waals surface area contributed by atoms with Crippen molar-refractivity contribution in [1.29, 1.82) is 0 Å². The molecule has 0 saturated heterocycles. The summed E-state index contributed by atoms with van der Waals surface area (Å²) in [4.78, 5) is 21.4. The molecule has 0 atom stereocenters. The molecule has 0 aliphatic rings. The van der Waals surface area contributed by atoms with Gasteiger partial charge in [0.25, 0.3) is 5.91 Å². The van der Waals surface area contributed by atoms with Crippen LogP contribution in [0.1, 0.15) is 27.2 Å². The molecule has 0 aliphatic carbocycles. The number of rotatable bonds is 4. The zero-order valence-electron chi connectivity index (χ0n) is 15.4. The highest BCUT2D eigenvalue weighted by atomic mass is 16.1. The van der Waals surface area contributed by atoms with Crippen LogP contribution < -0.4 is 10.6 Å². The van der Waals surface area contributed by atoms with Crippen LogP contribution in [-0.4, -0.2) is 16.9 Å². The predicted octanol–water partition coefficient (Wildman–Crippen LogP) is 4.10. The van der Waals surface area contributed by atoms with Crippen molar-refractivity contribution in [1.82, 2.24) is 10.3 Å². The van der Waals surface area contributed by atoms with Crippen LogP contribution in [0.4, 0.5) is 5.69 Å². The Morgan fingerprint density at radius 1 is 0.963 bits per heavy atom. The molecular weight excluding hydrogens is 336 g/mol. The van der Waals surface area contributed by atoms with E-state index in [1.54, 1.807) is 12.3 Å². The first-order valence-corrected chi connectivity index (χ1v) is 8.76. The number of anilines is 1. The van der Waals surface area contributed by atoms with E-state index < -0.39 is 0 Å². The number of guanidine groups is 1. The summed E-state index contributed by atoms with van der Waals surface area (Å²) in [7, 11) is 0. The molecule has 136 valence electrons. The van der Waals surface area contributed by atoms with Gasteiger partial charge >= 0.3 is 0 Å². The summed E-state index contributed by atoms with van der Waals surface area (Å²) in [5, 5.41) is 6.07. The minimum Gasteiger partial charge on any atom is -0.326 e. The number of aromatic nitrogens is 1. The van der Waals surface area contributed by atoms with Gasteiger partial charge in [-0.25, -0.2) is 4.99 Å². The molecule has 0 bridgehead atoms. The van der Waals surface area contributed by atoms with Gasteiger partial charge in [-0.05, 0) is 55.8 Å². The topological polar surface area (TPSA) is 66.4 Å². The number of benzene rings is 2. The Morgan fingerprint density at radius 3 is 2.44 bits per heavy atom. The van der Waals surface area contributed by atoms with E-state index in [4.69, 9.17) is 0 Å². The molecule has 0 radical (unpaired) electrons. The number of amides is 1. The van der Waals surface area contributed by atoms with Gasteiger partial charge in [-0.15, -0.1) is 0 Å². The lowest BCUT2D eigenvalue weighted by Crippen LogP contribution is -2.36. The number of aliphatic imine (C=N–C) groups is 1. The molecule has 5 heteroatoms. The number of nitrogens with one attached hydrogen (secondary N) is 2. The van der Waals surface area contributed by atoms with Crippen LogP contribution in [0.15, 0.2) is 77.9 Å². The van der Waals surface area contributed by atoms with E-state index in [9.17, 15) is 4.79 Å². The molecular formula is C22H22N4O. The summed E-state index contributed by atoms with van der Waals surface area (Å²) >= 11 is 0. The van der Waals surface area contributed by atoms with E-state index in [1.165, 1.54) is 0 Å². The van der Waals surface area contributed by atoms with Crippen LogP contribution in [-0.2, 0) is 6.54 Å². The Labute approximate surface area is 159 Å². The fourth-order valence-electron chi connectivity index (χ4n) is 2.59. The normalized spacial score (nSPS) is 11.1. The number of pyridine rings is 1. The van der Waals surface area contributed by atoms with E-state index in [-0.39, 0.29) is 5.91 Å². The minimum absolute atomic E-state index is 0.210. The molecule has 0 aliphatic heterocycles. The number of carbonyl (C=O) groups excluding carboxylic acids is 1. The molecule has 1 amide bonds. The Balaban J connectivity index is 1.81. The Bertz CT molecular complexity index is 951. The average molecular weight is 358 g/mol. The van der Waals surface area contributed by atoms with E-state index in [0.29, 0.717) is 18.1 Å². The molecule has 2 aromatic carbocycles. The smallest absolute Gasteiger partial charge is 0.257 e. The zero-order valence-corrected chi connectivity index (χ0v) is 15.4. The van der Waals surface area contributed by atoms with Crippen LogP contribution in [0.2, 0.25) is 0 Å². The van der Waals surface area contributed by atoms with Crippen LogP contribution in [0.25, 0.3) is 0 Å². The van der Waals surface area contributed by atoms with Crippen molar-refractivity contribution in [2.45, 2.75) is 20.4 Å². The monoisotopic (exact) mass is 358 g/mol. The van der Waals surface area contributed by atoms with Crippen LogP contribution in [0.3, 0.4) is 0 Å². The Kier molecular flexibility index (Phi) is 5.94. The maximum Gasteiger partial charge on any atom is 0.257 e. The predicted molar refractivity (Wildman–Crippen MR) is 109 cm³/mol. The van der Waals surface area contributed by atoms with Gasteiger partial charge in [-0.2, -0.15) is 0 Å². The first kappa shape index (κ1) is 18.3. The lowest BCUT2D eigenvalue weighted by Gasteiger charge is -2.12. The molecule has 0 unspecified atom stereocenters. The van der Waals surface area contributed by atoms with Crippen LogP contribution >= 0.6 is 0 Å². The molecule has 1 heterocycles.